The number of nitrogens with one attached hydrogen (secondary N) is 2. The second kappa shape index (κ2) is 7.35. The molecule has 3 rings (SSSR count). The minimum atomic E-state index is 0.600. The van der Waals surface area contributed by atoms with Gasteiger partial charge < -0.3 is 4.90 Å². The highest BCUT2D eigenvalue weighted by Crippen LogP contribution is 2.13. The van der Waals surface area contributed by atoms with E-state index in [4.69, 9.17) is 12.2 Å². The average Bonchev–Trinajstić information content (AvgIpc) is 2.97. The summed E-state index contributed by atoms with van der Waals surface area (Å²) in [5.41, 5.74) is 2.39. The van der Waals surface area contributed by atoms with Gasteiger partial charge in [-0.25, -0.2) is 4.68 Å². The Kier molecular flexibility index (Phi) is 5.00. The molecule has 3 aromatic rings. The van der Waals surface area contributed by atoms with E-state index in [9.17, 15) is 0 Å². The van der Waals surface area contributed by atoms with Crippen LogP contribution in [0.25, 0.3) is 11.4 Å². The first-order valence-corrected chi connectivity index (χ1v) is 8.27. The first-order chi connectivity index (χ1) is 11.3. The predicted octanol–water partition coefficient (Wildman–Crippen LogP) is 2.67. The normalized spacial score (nSPS) is 12.2. The molecule has 118 valence electrons. The molecular formula is C18H21N4S+. The minimum absolute atomic E-state index is 0.600. The highest BCUT2D eigenvalue weighted by molar-refractivity contribution is 7.71. The van der Waals surface area contributed by atoms with E-state index in [-0.39, 0.29) is 0 Å². The molecule has 0 saturated carbocycles. The topological polar surface area (TPSA) is 38.0 Å². The Morgan fingerprint density at radius 1 is 1.04 bits per heavy atom. The van der Waals surface area contributed by atoms with Gasteiger partial charge in [0.05, 0.1) is 6.54 Å². The van der Waals surface area contributed by atoms with Crippen LogP contribution in [0.4, 0.5) is 0 Å². The fourth-order valence-corrected chi connectivity index (χ4v) is 2.79. The molecule has 1 aromatic heterocycles. The highest BCUT2D eigenvalue weighted by Gasteiger charge is 2.11. The number of hydrogen-bond donors (Lipinski definition) is 2. The molecular weight excluding hydrogens is 304 g/mol. The van der Waals surface area contributed by atoms with Gasteiger partial charge >= 0.3 is 0 Å². The summed E-state index contributed by atoms with van der Waals surface area (Å²) in [5, 5.41) is 3.33. The molecule has 0 spiro atoms. The van der Waals surface area contributed by atoms with Crippen molar-refractivity contribution in [3.63, 3.8) is 0 Å². The number of rotatable bonds is 6. The molecule has 0 amide bonds. The standard InChI is InChI=1S/C18H20N4S/c1-2-21(13-15-9-5-3-6-10-15)14-22-18(23)19-17(20-22)16-11-7-4-8-12-16/h3-12H,2,13-14H2,1H3,(H,19,20,23)/p+1. The van der Waals surface area contributed by atoms with Crippen molar-refractivity contribution in [1.82, 2.24) is 14.8 Å². The summed E-state index contributed by atoms with van der Waals surface area (Å²) in [6.07, 6.45) is 0. The molecule has 1 unspecified atom stereocenters. The number of nitrogens with zero attached hydrogens (tertiary/aromatic N) is 2. The smallest absolute Gasteiger partial charge is 0.221 e. The van der Waals surface area contributed by atoms with Crippen LogP contribution >= 0.6 is 12.2 Å². The van der Waals surface area contributed by atoms with Crippen LogP contribution in [0.2, 0.25) is 0 Å². The first kappa shape index (κ1) is 15.6. The number of quaternary nitrogens is 1. The minimum Gasteiger partial charge on any atom is -0.313 e. The molecule has 23 heavy (non-hydrogen) atoms. The monoisotopic (exact) mass is 325 g/mol. The van der Waals surface area contributed by atoms with Crippen molar-refractivity contribution in [3.05, 3.63) is 71.0 Å². The zero-order valence-electron chi connectivity index (χ0n) is 13.2. The summed E-state index contributed by atoms with van der Waals surface area (Å²) in [4.78, 5) is 5.91. The predicted molar refractivity (Wildman–Crippen MR) is 94.5 cm³/mol. The Hall–Kier alpha value is -2.24. The van der Waals surface area contributed by atoms with Gasteiger partial charge in [0.2, 0.25) is 4.77 Å². The summed E-state index contributed by atoms with van der Waals surface area (Å²) in [6, 6.07) is 20.6. The van der Waals surface area contributed by atoms with Gasteiger partial charge in [0, 0.05) is 11.1 Å². The summed E-state index contributed by atoms with van der Waals surface area (Å²) in [7, 11) is 0. The molecule has 1 atom stereocenters. The van der Waals surface area contributed by atoms with Crippen LogP contribution in [0, 0.1) is 4.77 Å². The van der Waals surface area contributed by atoms with Gasteiger partial charge in [0.15, 0.2) is 12.5 Å². The van der Waals surface area contributed by atoms with E-state index in [0.29, 0.717) is 4.77 Å². The Labute approximate surface area is 141 Å². The maximum absolute atomic E-state index is 5.41. The molecule has 0 aliphatic carbocycles. The van der Waals surface area contributed by atoms with E-state index in [2.05, 4.69) is 41.3 Å². The quantitative estimate of drug-likeness (QED) is 0.684. The fraction of sp³-hybridized carbons (Fsp3) is 0.222. The number of hydrogen-bond acceptors (Lipinski definition) is 2. The molecule has 1 heterocycles. The third-order valence-electron chi connectivity index (χ3n) is 3.91. The molecule has 0 bridgehead atoms. The number of aromatic nitrogens is 3. The van der Waals surface area contributed by atoms with Crippen molar-refractivity contribution in [3.8, 4) is 11.4 Å². The van der Waals surface area contributed by atoms with Crippen LogP contribution in [0.15, 0.2) is 60.7 Å². The Balaban J connectivity index is 1.76. The molecule has 4 nitrogen and oxygen atoms in total. The van der Waals surface area contributed by atoms with Gasteiger partial charge in [-0.05, 0) is 19.1 Å². The lowest BCUT2D eigenvalue weighted by atomic mass is 10.2. The van der Waals surface area contributed by atoms with E-state index in [1.165, 1.54) is 10.5 Å². The summed E-state index contributed by atoms with van der Waals surface area (Å²) < 4.78 is 2.56. The van der Waals surface area contributed by atoms with Crippen LogP contribution in [-0.4, -0.2) is 21.3 Å². The van der Waals surface area contributed by atoms with Gasteiger partial charge in [-0.2, -0.15) is 4.98 Å². The van der Waals surface area contributed by atoms with Gasteiger partial charge in [-0.1, -0.05) is 60.7 Å². The van der Waals surface area contributed by atoms with E-state index in [0.717, 1.165) is 31.1 Å². The van der Waals surface area contributed by atoms with Gasteiger partial charge in [-0.15, -0.1) is 0 Å². The summed E-state index contributed by atoms with van der Waals surface area (Å²) in [6.45, 7) is 4.97. The first-order valence-electron chi connectivity index (χ1n) is 7.86. The highest BCUT2D eigenvalue weighted by atomic mass is 32.1. The Morgan fingerprint density at radius 2 is 1.70 bits per heavy atom. The van der Waals surface area contributed by atoms with Crippen LogP contribution in [0.5, 0.6) is 0 Å². The van der Waals surface area contributed by atoms with E-state index >= 15 is 0 Å². The SMILES string of the molecule is CC[NH+](Cc1ccccc1)Cn1[nH]c(-c2ccccc2)nc1=S. The van der Waals surface area contributed by atoms with Crippen LogP contribution in [0.3, 0.4) is 0 Å². The van der Waals surface area contributed by atoms with Crippen LogP contribution < -0.4 is 4.90 Å². The number of H-pyrrole nitrogens is 1. The fourth-order valence-electron chi connectivity index (χ4n) is 2.59. The molecule has 2 N–H and O–H groups in total. The summed E-state index contributed by atoms with van der Waals surface area (Å²) in [5.74, 6) is 0.825. The second-order valence-electron chi connectivity index (χ2n) is 5.57. The lowest BCUT2D eigenvalue weighted by Crippen LogP contribution is -3.09. The van der Waals surface area contributed by atoms with Crippen LogP contribution in [0.1, 0.15) is 12.5 Å². The molecule has 0 aliphatic heterocycles. The number of benzene rings is 2. The van der Waals surface area contributed by atoms with E-state index in [1.807, 2.05) is 41.1 Å². The maximum Gasteiger partial charge on any atom is 0.221 e. The molecule has 0 aliphatic rings. The zero-order valence-corrected chi connectivity index (χ0v) is 14.0. The summed E-state index contributed by atoms with van der Waals surface area (Å²) >= 11 is 5.41. The lowest BCUT2D eigenvalue weighted by molar-refractivity contribution is -0.935. The zero-order chi connectivity index (χ0) is 16.1. The van der Waals surface area contributed by atoms with Crippen LogP contribution in [-0.2, 0) is 13.2 Å². The largest absolute Gasteiger partial charge is 0.313 e. The Morgan fingerprint density at radius 3 is 2.35 bits per heavy atom. The van der Waals surface area contributed by atoms with E-state index < -0.39 is 0 Å². The van der Waals surface area contributed by atoms with Crippen molar-refractivity contribution in [2.24, 2.45) is 0 Å². The lowest BCUT2D eigenvalue weighted by Gasteiger charge is -2.17. The average molecular weight is 325 g/mol. The molecule has 5 heteroatoms. The third kappa shape index (κ3) is 3.94. The van der Waals surface area contributed by atoms with Crippen molar-refractivity contribution < 1.29 is 4.90 Å². The Bertz CT molecular complexity index is 793. The third-order valence-corrected chi connectivity index (χ3v) is 4.22. The number of aromatic amines is 1. The van der Waals surface area contributed by atoms with Crippen molar-refractivity contribution in [1.29, 1.82) is 0 Å². The molecule has 0 saturated heterocycles. The molecule has 0 fully saturated rings. The van der Waals surface area contributed by atoms with Gasteiger partial charge in [0.25, 0.3) is 0 Å². The second-order valence-corrected chi connectivity index (χ2v) is 5.94. The van der Waals surface area contributed by atoms with E-state index in [1.54, 1.807) is 0 Å². The molecule has 2 aromatic carbocycles. The van der Waals surface area contributed by atoms with Crippen molar-refractivity contribution >= 4 is 12.2 Å². The molecule has 0 radical (unpaired) electrons. The maximum atomic E-state index is 5.41. The van der Waals surface area contributed by atoms with Gasteiger partial charge in [-0.3, -0.25) is 5.10 Å². The van der Waals surface area contributed by atoms with Crippen molar-refractivity contribution in [2.75, 3.05) is 6.54 Å². The van der Waals surface area contributed by atoms with Gasteiger partial charge in [0.1, 0.15) is 6.54 Å². The van der Waals surface area contributed by atoms with Crippen molar-refractivity contribution in [2.45, 2.75) is 20.1 Å².